The summed E-state index contributed by atoms with van der Waals surface area (Å²) in [5.74, 6) is 0.224. The Kier molecular flexibility index (Phi) is 8.00. The lowest BCUT2D eigenvalue weighted by Gasteiger charge is -2.14. The Morgan fingerprint density at radius 2 is 1.83 bits per heavy atom. The van der Waals surface area contributed by atoms with E-state index in [1.54, 1.807) is 17.0 Å². The number of thiocarbonyl (C=S) groups is 1. The fourth-order valence-corrected chi connectivity index (χ4v) is 4.90. The predicted octanol–water partition coefficient (Wildman–Crippen LogP) is 5.76. The Balaban J connectivity index is 1.35. The summed E-state index contributed by atoms with van der Waals surface area (Å²) in [6.07, 6.45) is 2.55. The summed E-state index contributed by atoms with van der Waals surface area (Å²) in [6, 6.07) is 23.1. The maximum absolute atomic E-state index is 12.9. The number of ether oxygens (including phenoxy) is 1. The number of hydrogen-bond acceptors (Lipinski definition) is 5. The van der Waals surface area contributed by atoms with Crippen molar-refractivity contribution in [3.63, 3.8) is 0 Å². The zero-order valence-electron chi connectivity index (χ0n) is 19.6. The number of thioether (sulfide) groups is 1. The van der Waals surface area contributed by atoms with Crippen LogP contribution in [0.25, 0.3) is 6.08 Å². The van der Waals surface area contributed by atoms with Gasteiger partial charge in [-0.2, -0.15) is 0 Å². The summed E-state index contributed by atoms with van der Waals surface area (Å²) >= 11 is 6.75. The molecule has 1 aliphatic heterocycles. The van der Waals surface area contributed by atoms with Crippen molar-refractivity contribution in [2.24, 2.45) is 0 Å². The molecule has 0 aromatic heterocycles. The number of rotatable bonds is 8. The van der Waals surface area contributed by atoms with E-state index in [4.69, 9.17) is 17.0 Å². The number of aryl methyl sites for hydroxylation is 2. The average Bonchev–Trinajstić information content (AvgIpc) is 3.11. The van der Waals surface area contributed by atoms with E-state index in [-0.39, 0.29) is 18.4 Å². The van der Waals surface area contributed by atoms with Gasteiger partial charge >= 0.3 is 0 Å². The summed E-state index contributed by atoms with van der Waals surface area (Å²) in [6.45, 7) is 4.46. The lowest BCUT2D eigenvalue weighted by molar-refractivity contribution is -0.122. The fraction of sp³-hybridized carbons (Fsp3) is 0.179. The van der Waals surface area contributed by atoms with Gasteiger partial charge in [0.15, 0.2) is 6.61 Å². The van der Waals surface area contributed by atoms with Crippen molar-refractivity contribution >= 4 is 51.9 Å². The van der Waals surface area contributed by atoms with Crippen LogP contribution in [0.2, 0.25) is 0 Å². The van der Waals surface area contributed by atoms with Gasteiger partial charge in [0, 0.05) is 12.2 Å². The van der Waals surface area contributed by atoms with E-state index in [9.17, 15) is 9.59 Å². The van der Waals surface area contributed by atoms with Crippen LogP contribution in [0.4, 0.5) is 5.69 Å². The van der Waals surface area contributed by atoms with E-state index in [1.165, 1.54) is 17.3 Å². The third kappa shape index (κ3) is 6.59. The first kappa shape index (κ1) is 24.7. The van der Waals surface area contributed by atoms with Crippen molar-refractivity contribution in [3.8, 4) is 5.75 Å². The minimum absolute atomic E-state index is 0.0879. The number of amides is 2. The molecular formula is C28H26N2O3S2. The van der Waals surface area contributed by atoms with Crippen LogP contribution in [0.3, 0.4) is 0 Å². The second-order valence-corrected chi connectivity index (χ2v) is 9.95. The molecule has 0 saturated carbocycles. The van der Waals surface area contributed by atoms with Crippen LogP contribution in [0.15, 0.2) is 77.7 Å². The van der Waals surface area contributed by atoms with Crippen molar-refractivity contribution in [3.05, 3.63) is 100.0 Å². The van der Waals surface area contributed by atoms with Crippen LogP contribution in [-0.4, -0.2) is 34.2 Å². The molecule has 1 aliphatic rings. The molecule has 0 atom stereocenters. The summed E-state index contributed by atoms with van der Waals surface area (Å²) in [5, 5.41) is 2.85. The lowest BCUT2D eigenvalue weighted by Crippen LogP contribution is -2.30. The van der Waals surface area contributed by atoms with E-state index in [0.29, 0.717) is 21.5 Å². The molecule has 4 rings (SSSR count). The summed E-state index contributed by atoms with van der Waals surface area (Å²) in [7, 11) is 0. The maximum Gasteiger partial charge on any atom is 0.266 e. The number of carbonyl (C=O) groups is 2. The van der Waals surface area contributed by atoms with Crippen molar-refractivity contribution < 1.29 is 14.3 Å². The molecule has 35 heavy (non-hydrogen) atoms. The Bertz CT molecular complexity index is 1290. The van der Waals surface area contributed by atoms with Gasteiger partial charge in [-0.25, -0.2) is 0 Å². The Labute approximate surface area is 215 Å². The van der Waals surface area contributed by atoms with Crippen molar-refractivity contribution in [1.82, 2.24) is 4.90 Å². The molecule has 0 aliphatic carbocycles. The molecule has 0 bridgehead atoms. The van der Waals surface area contributed by atoms with E-state index >= 15 is 0 Å². The highest BCUT2D eigenvalue weighted by molar-refractivity contribution is 8.26. The van der Waals surface area contributed by atoms with Crippen LogP contribution < -0.4 is 10.1 Å². The predicted molar refractivity (Wildman–Crippen MR) is 147 cm³/mol. The molecule has 1 heterocycles. The highest BCUT2D eigenvalue weighted by atomic mass is 32.2. The summed E-state index contributed by atoms with van der Waals surface area (Å²) in [4.78, 5) is 27.5. The quantitative estimate of drug-likeness (QED) is 0.313. The highest BCUT2D eigenvalue weighted by Crippen LogP contribution is 2.33. The Morgan fingerprint density at radius 1 is 1.03 bits per heavy atom. The minimum atomic E-state index is -0.238. The average molecular weight is 503 g/mol. The van der Waals surface area contributed by atoms with E-state index < -0.39 is 0 Å². The molecule has 5 nitrogen and oxygen atoms in total. The van der Waals surface area contributed by atoms with Gasteiger partial charge in [0.2, 0.25) is 0 Å². The van der Waals surface area contributed by atoms with Gasteiger partial charge in [0.25, 0.3) is 11.8 Å². The van der Waals surface area contributed by atoms with Gasteiger partial charge in [-0.1, -0.05) is 72.5 Å². The Hall–Kier alpha value is -3.42. The molecule has 7 heteroatoms. The zero-order chi connectivity index (χ0) is 24.8. The fourth-order valence-electron chi connectivity index (χ4n) is 3.59. The van der Waals surface area contributed by atoms with Crippen LogP contribution in [0.1, 0.15) is 22.3 Å². The molecule has 3 aromatic carbocycles. The molecule has 0 radical (unpaired) electrons. The zero-order valence-corrected chi connectivity index (χ0v) is 21.2. The van der Waals surface area contributed by atoms with Gasteiger partial charge in [0.05, 0.1) is 4.91 Å². The van der Waals surface area contributed by atoms with Crippen LogP contribution in [-0.2, 0) is 16.0 Å². The van der Waals surface area contributed by atoms with Crippen molar-refractivity contribution in [2.75, 3.05) is 18.5 Å². The first-order chi connectivity index (χ1) is 16.9. The standard InChI is InChI=1S/C28H26N2O3S2/c1-19-11-12-23(15-20(19)2)29-26(31)18-33-24-10-6-9-22(16-24)17-25-27(32)30(28(34)35-25)14-13-21-7-4-3-5-8-21/h3-12,15-17H,13-14,18H2,1-2H3,(H,29,31)/b25-17-. The van der Waals surface area contributed by atoms with Crippen molar-refractivity contribution in [2.45, 2.75) is 20.3 Å². The van der Waals surface area contributed by atoms with Crippen LogP contribution in [0, 0.1) is 13.8 Å². The van der Waals surface area contributed by atoms with Crippen molar-refractivity contribution in [1.29, 1.82) is 0 Å². The molecule has 2 amide bonds. The first-order valence-electron chi connectivity index (χ1n) is 11.3. The number of anilines is 1. The third-order valence-electron chi connectivity index (χ3n) is 5.66. The number of hydrogen-bond donors (Lipinski definition) is 1. The molecule has 1 N–H and O–H groups in total. The normalized spacial score (nSPS) is 14.5. The van der Waals surface area contributed by atoms with Gasteiger partial charge in [-0.3, -0.25) is 14.5 Å². The number of nitrogens with zero attached hydrogens (tertiary/aromatic N) is 1. The minimum Gasteiger partial charge on any atom is -0.484 e. The largest absolute Gasteiger partial charge is 0.484 e. The lowest BCUT2D eigenvalue weighted by atomic mass is 10.1. The van der Waals surface area contributed by atoms with E-state index in [1.807, 2.05) is 80.6 Å². The number of carbonyl (C=O) groups excluding carboxylic acids is 2. The summed E-state index contributed by atoms with van der Waals surface area (Å²) < 4.78 is 6.25. The smallest absolute Gasteiger partial charge is 0.266 e. The first-order valence-corrected chi connectivity index (χ1v) is 12.5. The molecular weight excluding hydrogens is 476 g/mol. The third-order valence-corrected chi connectivity index (χ3v) is 7.03. The number of benzene rings is 3. The second-order valence-electron chi connectivity index (χ2n) is 8.28. The molecule has 1 fully saturated rings. The van der Waals surface area contributed by atoms with E-state index in [0.717, 1.165) is 28.8 Å². The SMILES string of the molecule is Cc1ccc(NC(=O)COc2cccc(/C=C3\SC(=S)N(CCc4ccccc4)C3=O)c2)cc1C. The van der Waals surface area contributed by atoms with E-state index in [2.05, 4.69) is 5.32 Å². The second kappa shape index (κ2) is 11.3. The molecule has 0 unspecified atom stereocenters. The highest BCUT2D eigenvalue weighted by Gasteiger charge is 2.31. The van der Waals surface area contributed by atoms with Crippen LogP contribution in [0.5, 0.6) is 5.75 Å². The van der Waals surface area contributed by atoms with Gasteiger partial charge < -0.3 is 10.1 Å². The molecule has 1 saturated heterocycles. The summed E-state index contributed by atoms with van der Waals surface area (Å²) in [5.41, 5.74) is 4.99. The molecule has 0 spiro atoms. The van der Waals surface area contributed by atoms with Gasteiger partial charge in [0.1, 0.15) is 10.1 Å². The molecule has 3 aromatic rings. The van der Waals surface area contributed by atoms with Gasteiger partial charge in [-0.15, -0.1) is 0 Å². The van der Waals surface area contributed by atoms with Gasteiger partial charge in [-0.05, 0) is 72.9 Å². The maximum atomic E-state index is 12.9. The molecule has 178 valence electrons. The Morgan fingerprint density at radius 3 is 2.60 bits per heavy atom. The van der Waals surface area contributed by atoms with Crippen LogP contribution >= 0.6 is 24.0 Å². The topological polar surface area (TPSA) is 58.6 Å². The number of nitrogens with one attached hydrogen (secondary N) is 1. The monoisotopic (exact) mass is 502 g/mol.